The van der Waals surface area contributed by atoms with Gasteiger partial charge in [-0.05, 0) is 50.5 Å². The van der Waals surface area contributed by atoms with Crippen LogP contribution in [0.25, 0.3) is 0 Å². The highest BCUT2D eigenvalue weighted by molar-refractivity contribution is 5.86. The first-order valence-corrected chi connectivity index (χ1v) is 9.70. The number of nitrogens with zero attached hydrogens (tertiary/aromatic N) is 3. The van der Waals surface area contributed by atoms with Gasteiger partial charge in [-0.1, -0.05) is 30.3 Å². The van der Waals surface area contributed by atoms with Crippen LogP contribution in [0.2, 0.25) is 0 Å². The number of hydrogen-bond acceptors (Lipinski definition) is 3. The Balaban J connectivity index is 1.56. The summed E-state index contributed by atoms with van der Waals surface area (Å²) in [5.74, 6) is 0.264. The molecule has 0 bridgehead atoms. The molecule has 0 saturated carbocycles. The molecule has 2 aromatic rings. The van der Waals surface area contributed by atoms with Gasteiger partial charge in [0.25, 0.3) is 0 Å². The fourth-order valence-corrected chi connectivity index (χ4v) is 4.18. The highest BCUT2D eigenvalue weighted by atomic mass is 16.2. The molecule has 2 aliphatic rings. The topological polar surface area (TPSA) is 26.8 Å². The van der Waals surface area contributed by atoms with Gasteiger partial charge in [-0.3, -0.25) is 4.79 Å². The first-order valence-electron chi connectivity index (χ1n) is 9.70. The molecule has 1 saturated heterocycles. The lowest BCUT2D eigenvalue weighted by Gasteiger charge is -2.40. The van der Waals surface area contributed by atoms with Crippen LogP contribution in [0.15, 0.2) is 54.6 Å². The number of amides is 1. The van der Waals surface area contributed by atoms with E-state index < -0.39 is 0 Å². The van der Waals surface area contributed by atoms with Crippen molar-refractivity contribution in [2.24, 2.45) is 0 Å². The Hall–Kier alpha value is -2.49. The van der Waals surface area contributed by atoms with E-state index in [-0.39, 0.29) is 5.91 Å². The number of likely N-dealkylation sites (tertiary alicyclic amines) is 1. The predicted molar refractivity (Wildman–Crippen MR) is 107 cm³/mol. The minimum atomic E-state index is 0.264. The number of para-hydroxylation sites is 3. The number of benzene rings is 2. The Morgan fingerprint density at radius 3 is 2.42 bits per heavy atom. The summed E-state index contributed by atoms with van der Waals surface area (Å²) in [6.45, 7) is 5.32. The second-order valence-corrected chi connectivity index (χ2v) is 7.33. The summed E-state index contributed by atoms with van der Waals surface area (Å²) in [7, 11) is 0. The third kappa shape index (κ3) is 3.28. The summed E-state index contributed by atoms with van der Waals surface area (Å²) in [5.41, 5.74) is 3.54. The first-order chi connectivity index (χ1) is 12.7. The third-order valence-corrected chi connectivity index (χ3v) is 5.62. The number of carbonyl (C=O) groups is 1. The summed E-state index contributed by atoms with van der Waals surface area (Å²) in [4.78, 5) is 19.6. The molecule has 1 fully saturated rings. The van der Waals surface area contributed by atoms with Gasteiger partial charge in [0.15, 0.2) is 0 Å². The van der Waals surface area contributed by atoms with Gasteiger partial charge < -0.3 is 14.7 Å². The predicted octanol–water partition coefficient (Wildman–Crippen LogP) is 4.05. The monoisotopic (exact) mass is 349 g/mol. The zero-order valence-corrected chi connectivity index (χ0v) is 15.5. The molecule has 1 atom stereocenters. The molecular formula is C22H27N3O. The van der Waals surface area contributed by atoms with Gasteiger partial charge in [0, 0.05) is 31.4 Å². The first kappa shape index (κ1) is 17.0. The summed E-state index contributed by atoms with van der Waals surface area (Å²) in [6.07, 6.45) is 3.50. The molecule has 0 radical (unpaired) electrons. The molecule has 4 heteroatoms. The van der Waals surface area contributed by atoms with Crippen molar-refractivity contribution in [3.05, 3.63) is 54.6 Å². The molecular weight excluding hydrogens is 322 g/mol. The molecule has 0 N–H and O–H groups in total. The fourth-order valence-electron chi connectivity index (χ4n) is 4.18. The number of piperidine rings is 1. The summed E-state index contributed by atoms with van der Waals surface area (Å²) in [6, 6.07) is 19.3. The zero-order chi connectivity index (χ0) is 17.9. The zero-order valence-electron chi connectivity index (χ0n) is 15.5. The van der Waals surface area contributed by atoms with Crippen molar-refractivity contribution in [1.82, 2.24) is 4.90 Å². The molecule has 1 amide bonds. The van der Waals surface area contributed by atoms with Gasteiger partial charge in [0.1, 0.15) is 0 Å². The van der Waals surface area contributed by atoms with Crippen molar-refractivity contribution in [1.29, 1.82) is 0 Å². The van der Waals surface area contributed by atoms with Gasteiger partial charge >= 0.3 is 0 Å². The molecule has 4 rings (SSSR count). The van der Waals surface area contributed by atoms with Crippen LogP contribution in [0.4, 0.5) is 17.1 Å². The number of rotatable bonds is 3. The maximum absolute atomic E-state index is 12.9. The Bertz CT molecular complexity index is 761. The van der Waals surface area contributed by atoms with Gasteiger partial charge in [-0.25, -0.2) is 0 Å². The molecule has 2 aliphatic heterocycles. The van der Waals surface area contributed by atoms with Crippen molar-refractivity contribution in [3.8, 4) is 0 Å². The molecule has 136 valence electrons. The highest BCUT2D eigenvalue weighted by Gasteiger charge is 2.28. The Labute approximate surface area is 156 Å². The van der Waals surface area contributed by atoms with Crippen molar-refractivity contribution in [2.45, 2.75) is 32.2 Å². The minimum Gasteiger partial charge on any atom is -0.359 e. The highest BCUT2D eigenvalue weighted by Crippen LogP contribution is 2.37. The smallest absolute Gasteiger partial charge is 0.242 e. The van der Waals surface area contributed by atoms with Gasteiger partial charge in [-0.2, -0.15) is 0 Å². The largest absolute Gasteiger partial charge is 0.359 e. The molecule has 26 heavy (non-hydrogen) atoms. The summed E-state index contributed by atoms with van der Waals surface area (Å²) >= 11 is 0. The van der Waals surface area contributed by atoms with Crippen LogP contribution in [0.1, 0.15) is 26.2 Å². The van der Waals surface area contributed by atoms with E-state index in [1.54, 1.807) is 0 Å². The van der Waals surface area contributed by atoms with E-state index in [1.807, 2.05) is 6.07 Å². The van der Waals surface area contributed by atoms with E-state index in [2.05, 4.69) is 70.2 Å². The fraction of sp³-hybridized carbons (Fsp3) is 0.409. The van der Waals surface area contributed by atoms with E-state index in [9.17, 15) is 4.79 Å². The lowest BCUT2D eigenvalue weighted by atomic mass is 10.0. The number of anilines is 3. The average Bonchev–Trinajstić information content (AvgIpc) is 2.69. The van der Waals surface area contributed by atoms with Crippen molar-refractivity contribution >= 4 is 23.0 Å². The van der Waals surface area contributed by atoms with E-state index in [1.165, 1.54) is 17.8 Å². The minimum absolute atomic E-state index is 0.264. The summed E-state index contributed by atoms with van der Waals surface area (Å²) < 4.78 is 0. The van der Waals surface area contributed by atoms with E-state index >= 15 is 0 Å². The second-order valence-electron chi connectivity index (χ2n) is 7.33. The van der Waals surface area contributed by atoms with Crippen LogP contribution in [0, 0.1) is 0 Å². The Morgan fingerprint density at radius 1 is 0.923 bits per heavy atom. The lowest BCUT2D eigenvalue weighted by molar-refractivity contribution is -0.132. The number of carbonyl (C=O) groups excluding carboxylic acids is 1. The molecule has 2 heterocycles. The van der Waals surface area contributed by atoms with E-state index in [4.69, 9.17) is 0 Å². The molecule has 2 aromatic carbocycles. The lowest BCUT2D eigenvalue weighted by Crippen LogP contribution is -2.49. The summed E-state index contributed by atoms with van der Waals surface area (Å²) in [5, 5.41) is 0. The Morgan fingerprint density at radius 2 is 1.65 bits per heavy atom. The van der Waals surface area contributed by atoms with E-state index in [0.717, 1.165) is 38.2 Å². The SMILES string of the molecule is CC1CCCCN1C(=O)CN1CCN(c2ccccc2)c2ccccc21. The van der Waals surface area contributed by atoms with Crippen molar-refractivity contribution < 1.29 is 4.79 Å². The second kappa shape index (κ2) is 7.40. The average molecular weight is 349 g/mol. The van der Waals surface area contributed by atoms with Crippen LogP contribution in [-0.4, -0.2) is 43.0 Å². The quantitative estimate of drug-likeness (QED) is 0.836. The van der Waals surface area contributed by atoms with Crippen LogP contribution in [0.5, 0.6) is 0 Å². The molecule has 4 nitrogen and oxygen atoms in total. The number of fused-ring (bicyclic) bond motifs is 1. The van der Waals surface area contributed by atoms with Crippen LogP contribution < -0.4 is 9.80 Å². The maximum Gasteiger partial charge on any atom is 0.242 e. The Kier molecular flexibility index (Phi) is 4.83. The van der Waals surface area contributed by atoms with Gasteiger partial charge in [-0.15, -0.1) is 0 Å². The van der Waals surface area contributed by atoms with Crippen LogP contribution in [0.3, 0.4) is 0 Å². The van der Waals surface area contributed by atoms with E-state index in [0.29, 0.717) is 12.6 Å². The van der Waals surface area contributed by atoms with Gasteiger partial charge in [0.05, 0.1) is 17.9 Å². The van der Waals surface area contributed by atoms with Crippen molar-refractivity contribution in [2.75, 3.05) is 36.0 Å². The maximum atomic E-state index is 12.9. The van der Waals surface area contributed by atoms with Crippen LogP contribution >= 0.6 is 0 Å². The van der Waals surface area contributed by atoms with Crippen molar-refractivity contribution in [3.63, 3.8) is 0 Å². The van der Waals surface area contributed by atoms with Crippen LogP contribution in [-0.2, 0) is 4.79 Å². The van der Waals surface area contributed by atoms with Gasteiger partial charge in [0.2, 0.25) is 5.91 Å². The standard InChI is InChI=1S/C22H27N3O/c1-18-9-7-8-14-24(18)22(26)17-23-15-16-25(19-10-3-2-4-11-19)21-13-6-5-12-20(21)23/h2-6,10-13,18H,7-9,14-17H2,1H3. The molecule has 0 spiro atoms. The number of hydrogen-bond donors (Lipinski definition) is 0. The normalized spacial score (nSPS) is 20.0. The third-order valence-electron chi connectivity index (χ3n) is 5.62. The molecule has 0 aromatic heterocycles. The molecule has 0 aliphatic carbocycles. The molecule has 1 unspecified atom stereocenters.